The van der Waals surface area contributed by atoms with Crippen LogP contribution in [0.2, 0.25) is 0 Å². The number of aryl methyl sites for hydroxylation is 2. The Morgan fingerprint density at radius 1 is 1.19 bits per heavy atom. The van der Waals surface area contributed by atoms with E-state index < -0.39 is 30.2 Å². The number of rotatable bonds is 7. The van der Waals surface area contributed by atoms with E-state index in [0.717, 1.165) is 29.7 Å². The molecule has 0 spiro atoms. The minimum Gasteiger partial charge on any atom is -0.462 e. The molecule has 1 N–H and O–H groups in total. The molecule has 0 saturated heterocycles. The van der Waals surface area contributed by atoms with Crippen molar-refractivity contribution in [1.29, 1.82) is 0 Å². The summed E-state index contributed by atoms with van der Waals surface area (Å²) in [5, 5.41) is 7.15. The van der Waals surface area contributed by atoms with Gasteiger partial charge in [-0.05, 0) is 51.5 Å². The number of esters is 2. The van der Waals surface area contributed by atoms with Crippen LogP contribution in [0.4, 0.5) is 5.00 Å². The van der Waals surface area contributed by atoms with E-state index in [1.807, 2.05) is 0 Å². The van der Waals surface area contributed by atoms with E-state index in [4.69, 9.17) is 9.47 Å². The first kappa shape index (κ1) is 23.6. The summed E-state index contributed by atoms with van der Waals surface area (Å²) in [6.07, 6.45) is 2.52. The summed E-state index contributed by atoms with van der Waals surface area (Å²) in [6.45, 7) is 6.73. The number of hydrogen-bond donors (Lipinski definition) is 1. The molecule has 172 valence electrons. The Labute approximate surface area is 190 Å². The summed E-state index contributed by atoms with van der Waals surface area (Å²) in [5.74, 6) is -2.61. The normalized spacial score (nSPS) is 15.1. The monoisotopic (exact) mass is 461 g/mol. The Kier molecular flexibility index (Phi) is 7.12. The number of thiophene rings is 1. The van der Waals surface area contributed by atoms with E-state index in [1.54, 1.807) is 27.8 Å². The smallest absolute Gasteiger partial charge is 0.380 e. The number of fused-ring (bicyclic) bond motifs is 1. The molecular formula is C22H27N3O6S. The molecule has 1 aliphatic rings. The molecule has 1 aliphatic carbocycles. The van der Waals surface area contributed by atoms with Gasteiger partial charge in [0.05, 0.1) is 23.4 Å². The van der Waals surface area contributed by atoms with Crippen LogP contribution in [-0.4, -0.2) is 46.6 Å². The van der Waals surface area contributed by atoms with Crippen LogP contribution < -0.4 is 5.32 Å². The number of amides is 1. The van der Waals surface area contributed by atoms with Crippen LogP contribution >= 0.6 is 11.3 Å². The Morgan fingerprint density at radius 2 is 1.91 bits per heavy atom. The van der Waals surface area contributed by atoms with Gasteiger partial charge in [-0.3, -0.25) is 14.3 Å². The maximum Gasteiger partial charge on any atom is 0.380 e. The number of nitrogens with one attached hydrogen (secondary N) is 1. The lowest BCUT2D eigenvalue weighted by molar-refractivity contribution is -0.142. The van der Waals surface area contributed by atoms with Crippen LogP contribution in [0.3, 0.4) is 0 Å². The van der Waals surface area contributed by atoms with Crippen molar-refractivity contribution in [3.63, 3.8) is 0 Å². The molecule has 0 aromatic carbocycles. The number of carbonyl (C=O) groups excluding carboxylic acids is 4. The SMILES string of the molecule is CCOC(=O)c1c(NC(=O)COC(=O)C(=O)c2c(C)nn(C)c2C)sc2c1CCC(C)C2. The number of ether oxygens (including phenoxy) is 2. The number of aromatic nitrogens is 2. The van der Waals surface area contributed by atoms with E-state index in [0.29, 0.717) is 27.9 Å². The first-order chi connectivity index (χ1) is 15.1. The van der Waals surface area contributed by atoms with Crippen LogP contribution in [0.15, 0.2) is 0 Å². The van der Waals surface area contributed by atoms with E-state index in [9.17, 15) is 19.2 Å². The highest BCUT2D eigenvalue weighted by molar-refractivity contribution is 7.17. The van der Waals surface area contributed by atoms with E-state index in [1.165, 1.54) is 16.0 Å². The zero-order valence-electron chi connectivity index (χ0n) is 18.9. The summed E-state index contributed by atoms with van der Waals surface area (Å²) in [7, 11) is 1.67. The lowest BCUT2D eigenvalue weighted by Gasteiger charge is -2.18. The molecule has 0 bridgehead atoms. The molecule has 1 unspecified atom stereocenters. The molecule has 0 radical (unpaired) electrons. The molecular weight excluding hydrogens is 434 g/mol. The first-order valence-corrected chi connectivity index (χ1v) is 11.3. The highest BCUT2D eigenvalue weighted by Crippen LogP contribution is 2.40. The largest absolute Gasteiger partial charge is 0.462 e. The molecule has 1 atom stereocenters. The van der Waals surface area contributed by atoms with Crippen molar-refractivity contribution < 1.29 is 28.7 Å². The lowest BCUT2D eigenvalue weighted by Crippen LogP contribution is -2.26. The molecule has 3 rings (SSSR count). The van der Waals surface area contributed by atoms with E-state index in [2.05, 4.69) is 17.3 Å². The molecule has 2 aromatic heterocycles. The van der Waals surface area contributed by atoms with Crippen molar-refractivity contribution in [3.8, 4) is 0 Å². The van der Waals surface area contributed by atoms with Gasteiger partial charge in [-0.25, -0.2) is 9.59 Å². The Bertz CT molecular complexity index is 1080. The fourth-order valence-corrected chi connectivity index (χ4v) is 5.24. The van der Waals surface area contributed by atoms with Crippen molar-refractivity contribution in [2.75, 3.05) is 18.5 Å². The summed E-state index contributed by atoms with van der Waals surface area (Å²) in [5.41, 5.74) is 2.40. The lowest BCUT2D eigenvalue weighted by atomic mass is 9.88. The maximum absolute atomic E-state index is 12.5. The Morgan fingerprint density at radius 3 is 2.53 bits per heavy atom. The summed E-state index contributed by atoms with van der Waals surface area (Å²) >= 11 is 1.34. The summed E-state index contributed by atoms with van der Waals surface area (Å²) in [4.78, 5) is 50.7. The third kappa shape index (κ3) is 4.74. The number of anilines is 1. The molecule has 0 aliphatic heterocycles. The van der Waals surface area contributed by atoms with Crippen LogP contribution in [0.5, 0.6) is 0 Å². The zero-order chi connectivity index (χ0) is 23.6. The van der Waals surface area contributed by atoms with Crippen molar-refractivity contribution >= 4 is 40.0 Å². The second kappa shape index (κ2) is 9.64. The average Bonchev–Trinajstić information content (AvgIpc) is 3.20. The van der Waals surface area contributed by atoms with Crippen LogP contribution in [0, 0.1) is 19.8 Å². The molecule has 0 fully saturated rings. The fraction of sp³-hybridized carbons (Fsp3) is 0.500. The highest BCUT2D eigenvalue weighted by atomic mass is 32.1. The average molecular weight is 462 g/mol. The van der Waals surface area contributed by atoms with Gasteiger partial charge in [0.2, 0.25) is 0 Å². The van der Waals surface area contributed by atoms with Crippen molar-refractivity contribution in [2.45, 2.75) is 47.0 Å². The number of ketones is 1. The maximum atomic E-state index is 12.5. The van der Waals surface area contributed by atoms with E-state index >= 15 is 0 Å². The van der Waals surface area contributed by atoms with Gasteiger partial charge in [-0.1, -0.05) is 6.92 Å². The molecule has 10 heteroatoms. The molecule has 9 nitrogen and oxygen atoms in total. The molecule has 32 heavy (non-hydrogen) atoms. The Balaban J connectivity index is 1.70. The molecule has 2 heterocycles. The van der Waals surface area contributed by atoms with Gasteiger partial charge in [0.15, 0.2) is 6.61 Å². The van der Waals surface area contributed by atoms with Crippen LogP contribution in [0.25, 0.3) is 0 Å². The van der Waals surface area contributed by atoms with Gasteiger partial charge >= 0.3 is 11.9 Å². The van der Waals surface area contributed by atoms with Crippen molar-refractivity contribution in [1.82, 2.24) is 9.78 Å². The first-order valence-electron chi connectivity index (χ1n) is 10.5. The quantitative estimate of drug-likeness (QED) is 0.383. The predicted octanol–water partition coefficient (Wildman–Crippen LogP) is 2.76. The third-order valence-corrected chi connectivity index (χ3v) is 6.67. The van der Waals surface area contributed by atoms with Gasteiger partial charge in [0, 0.05) is 17.6 Å². The second-order valence-corrected chi connectivity index (χ2v) is 9.00. The minimum atomic E-state index is -1.13. The summed E-state index contributed by atoms with van der Waals surface area (Å²) < 4.78 is 11.6. The van der Waals surface area contributed by atoms with Gasteiger partial charge in [-0.2, -0.15) is 5.10 Å². The van der Waals surface area contributed by atoms with Gasteiger partial charge in [0.25, 0.3) is 11.7 Å². The predicted molar refractivity (Wildman–Crippen MR) is 118 cm³/mol. The van der Waals surface area contributed by atoms with Gasteiger partial charge in [0.1, 0.15) is 5.00 Å². The van der Waals surface area contributed by atoms with Crippen LogP contribution in [0.1, 0.15) is 62.8 Å². The standard InChI is InChI=1S/C22H27N3O6S/c1-6-30-21(28)18-14-8-7-11(2)9-15(14)32-20(18)23-16(26)10-31-22(29)19(27)17-12(3)24-25(5)13(17)4/h11H,6-10H2,1-5H3,(H,23,26). The fourth-order valence-electron chi connectivity index (χ4n) is 3.82. The van der Waals surface area contributed by atoms with Crippen LogP contribution in [-0.2, 0) is 39.0 Å². The van der Waals surface area contributed by atoms with E-state index in [-0.39, 0.29) is 12.2 Å². The summed E-state index contributed by atoms with van der Waals surface area (Å²) in [6, 6.07) is 0. The van der Waals surface area contributed by atoms with Crippen molar-refractivity contribution in [3.05, 3.63) is 33.0 Å². The zero-order valence-corrected chi connectivity index (χ0v) is 19.7. The topological polar surface area (TPSA) is 117 Å². The second-order valence-electron chi connectivity index (χ2n) is 7.90. The minimum absolute atomic E-state index is 0.169. The number of carbonyl (C=O) groups is 4. The number of nitrogens with zero attached hydrogens (tertiary/aromatic N) is 2. The number of hydrogen-bond acceptors (Lipinski definition) is 8. The van der Waals surface area contributed by atoms with Gasteiger partial charge in [-0.15, -0.1) is 11.3 Å². The van der Waals surface area contributed by atoms with Gasteiger partial charge < -0.3 is 14.8 Å². The molecule has 0 saturated carbocycles. The third-order valence-electron chi connectivity index (χ3n) is 5.50. The molecule has 1 amide bonds. The Hall–Kier alpha value is -3.01. The molecule has 2 aromatic rings. The number of Topliss-reactive ketones (excluding diaryl/α,β-unsaturated/α-hetero) is 1. The highest BCUT2D eigenvalue weighted by Gasteiger charge is 2.30. The van der Waals surface area contributed by atoms with Crippen molar-refractivity contribution in [2.24, 2.45) is 13.0 Å².